The third kappa shape index (κ3) is 4.62. The molecule has 1 amide bonds. The van der Waals surface area contributed by atoms with Crippen LogP contribution in [0.15, 0.2) is 60.9 Å². The van der Waals surface area contributed by atoms with Crippen molar-refractivity contribution in [2.45, 2.75) is 6.18 Å². The maximum absolute atomic E-state index is 12.6. The van der Waals surface area contributed by atoms with Crippen LogP contribution in [-0.2, 0) is 6.18 Å². The van der Waals surface area contributed by atoms with E-state index in [1.807, 2.05) is 6.07 Å². The lowest BCUT2D eigenvalue weighted by atomic mass is 10.2. The minimum Gasteiger partial charge on any atom is -0.324 e. The number of nitrogens with one attached hydrogen (secondary N) is 2. The molecule has 0 atom stereocenters. The van der Waals surface area contributed by atoms with Crippen LogP contribution in [0.4, 0.5) is 30.5 Å². The maximum Gasteiger partial charge on any atom is 0.416 e. The molecule has 0 spiro atoms. The Labute approximate surface area is 157 Å². The predicted octanol–water partition coefficient (Wildman–Crippen LogP) is 4.36. The molecule has 0 unspecified atom stereocenters. The van der Waals surface area contributed by atoms with E-state index in [4.69, 9.17) is 5.26 Å². The van der Waals surface area contributed by atoms with E-state index in [-0.39, 0.29) is 11.5 Å². The summed E-state index contributed by atoms with van der Waals surface area (Å²) in [5.74, 6) is -0.334. The van der Waals surface area contributed by atoms with Gasteiger partial charge in [-0.25, -0.2) is 9.97 Å². The molecule has 0 saturated heterocycles. The molecule has 0 aliphatic rings. The van der Waals surface area contributed by atoms with Crippen molar-refractivity contribution in [3.05, 3.63) is 77.6 Å². The first-order valence-electron chi connectivity index (χ1n) is 7.93. The third-order valence-electron chi connectivity index (χ3n) is 3.63. The highest BCUT2D eigenvalue weighted by Crippen LogP contribution is 2.30. The number of rotatable bonds is 4. The summed E-state index contributed by atoms with van der Waals surface area (Å²) < 4.78 is 37.7. The van der Waals surface area contributed by atoms with E-state index in [0.717, 1.165) is 12.1 Å². The highest BCUT2D eigenvalue weighted by Gasteiger charge is 2.29. The number of amides is 1. The van der Waals surface area contributed by atoms with Gasteiger partial charge in [-0.1, -0.05) is 6.07 Å². The Kier molecular flexibility index (Phi) is 5.22. The van der Waals surface area contributed by atoms with Gasteiger partial charge < -0.3 is 10.6 Å². The first-order valence-corrected chi connectivity index (χ1v) is 7.93. The second-order valence-corrected chi connectivity index (χ2v) is 5.64. The van der Waals surface area contributed by atoms with Crippen LogP contribution in [0.5, 0.6) is 0 Å². The van der Waals surface area contributed by atoms with E-state index in [9.17, 15) is 18.0 Å². The molecule has 28 heavy (non-hydrogen) atoms. The van der Waals surface area contributed by atoms with Gasteiger partial charge in [-0.05, 0) is 42.5 Å². The number of nitriles is 1. The average Bonchev–Trinajstić information content (AvgIpc) is 2.68. The molecular formula is C19H12F3N5O. The van der Waals surface area contributed by atoms with Crippen LogP contribution in [0.3, 0.4) is 0 Å². The van der Waals surface area contributed by atoms with Crippen molar-refractivity contribution in [1.82, 2.24) is 9.97 Å². The lowest BCUT2D eigenvalue weighted by molar-refractivity contribution is -0.137. The van der Waals surface area contributed by atoms with E-state index >= 15 is 0 Å². The van der Waals surface area contributed by atoms with Crippen molar-refractivity contribution in [2.75, 3.05) is 10.6 Å². The lowest BCUT2D eigenvalue weighted by Gasteiger charge is -2.09. The van der Waals surface area contributed by atoms with Gasteiger partial charge in [0.2, 0.25) is 5.95 Å². The zero-order valence-corrected chi connectivity index (χ0v) is 14.2. The van der Waals surface area contributed by atoms with E-state index < -0.39 is 17.6 Å². The number of aromatic nitrogens is 2. The molecule has 9 heteroatoms. The van der Waals surface area contributed by atoms with Crippen molar-refractivity contribution < 1.29 is 18.0 Å². The molecule has 1 heterocycles. The number of nitrogens with zero attached hydrogens (tertiary/aromatic N) is 3. The number of carbonyl (C=O) groups is 1. The Hall–Kier alpha value is -3.93. The quantitative estimate of drug-likeness (QED) is 0.698. The molecule has 1 aromatic heterocycles. The van der Waals surface area contributed by atoms with Crippen LogP contribution in [0.1, 0.15) is 21.5 Å². The number of hydrogen-bond acceptors (Lipinski definition) is 5. The van der Waals surface area contributed by atoms with Crippen LogP contribution < -0.4 is 10.6 Å². The van der Waals surface area contributed by atoms with E-state index in [1.54, 1.807) is 18.2 Å². The highest BCUT2D eigenvalue weighted by molar-refractivity contribution is 6.04. The molecule has 0 aliphatic heterocycles. The summed E-state index contributed by atoms with van der Waals surface area (Å²) in [4.78, 5) is 20.2. The minimum absolute atomic E-state index is 0.128. The molecule has 0 bridgehead atoms. The molecule has 6 nitrogen and oxygen atoms in total. The van der Waals surface area contributed by atoms with Crippen molar-refractivity contribution >= 4 is 23.2 Å². The topological polar surface area (TPSA) is 90.7 Å². The SMILES string of the molecule is N#Cc1cccc(NC(=O)c2cnc(Nc3ccc(C(F)(F)F)cc3)nc2)c1. The highest BCUT2D eigenvalue weighted by atomic mass is 19.4. The Morgan fingerprint density at radius 1 is 1.00 bits per heavy atom. The predicted molar refractivity (Wildman–Crippen MR) is 95.9 cm³/mol. The largest absolute Gasteiger partial charge is 0.416 e. The van der Waals surface area contributed by atoms with Crippen molar-refractivity contribution in [3.8, 4) is 6.07 Å². The molecule has 0 aliphatic carbocycles. The Balaban J connectivity index is 1.66. The summed E-state index contributed by atoms with van der Waals surface area (Å²) in [5.41, 5.74) is 0.659. The van der Waals surface area contributed by atoms with Gasteiger partial charge in [0.05, 0.1) is 22.8 Å². The lowest BCUT2D eigenvalue weighted by Crippen LogP contribution is -2.13. The molecular weight excluding hydrogens is 371 g/mol. The van der Waals surface area contributed by atoms with Crippen LogP contribution in [-0.4, -0.2) is 15.9 Å². The fourth-order valence-corrected chi connectivity index (χ4v) is 2.25. The van der Waals surface area contributed by atoms with Crippen LogP contribution in [0.25, 0.3) is 0 Å². The fraction of sp³-hybridized carbons (Fsp3) is 0.0526. The molecule has 2 N–H and O–H groups in total. The summed E-state index contributed by atoms with van der Waals surface area (Å²) in [6, 6.07) is 12.8. The first kappa shape index (κ1) is 18.8. The maximum atomic E-state index is 12.6. The average molecular weight is 383 g/mol. The second-order valence-electron chi connectivity index (χ2n) is 5.64. The summed E-state index contributed by atoms with van der Waals surface area (Å²) in [7, 11) is 0. The zero-order chi connectivity index (χ0) is 20.1. The van der Waals surface area contributed by atoms with Gasteiger partial charge >= 0.3 is 6.18 Å². The second kappa shape index (κ2) is 7.75. The van der Waals surface area contributed by atoms with Gasteiger partial charge in [0, 0.05) is 23.8 Å². The normalized spacial score (nSPS) is 10.8. The number of hydrogen-bond donors (Lipinski definition) is 2. The smallest absolute Gasteiger partial charge is 0.324 e. The Bertz CT molecular complexity index is 1030. The van der Waals surface area contributed by atoms with E-state index in [1.165, 1.54) is 30.6 Å². The van der Waals surface area contributed by atoms with Crippen LogP contribution >= 0.6 is 0 Å². The van der Waals surface area contributed by atoms with Crippen molar-refractivity contribution in [2.24, 2.45) is 0 Å². The number of anilines is 3. The van der Waals surface area contributed by atoms with Crippen LogP contribution in [0, 0.1) is 11.3 Å². The first-order chi connectivity index (χ1) is 13.3. The van der Waals surface area contributed by atoms with Gasteiger partial charge in [0.25, 0.3) is 5.91 Å². The van der Waals surface area contributed by atoms with Crippen LogP contribution in [0.2, 0.25) is 0 Å². The van der Waals surface area contributed by atoms with Gasteiger partial charge in [0.1, 0.15) is 0 Å². The molecule has 2 aromatic carbocycles. The van der Waals surface area contributed by atoms with E-state index in [2.05, 4.69) is 20.6 Å². The molecule has 140 valence electrons. The Morgan fingerprint density at radius 3 is 2.29 bits per heavy atom. The molecule has 0 saturated carbocycles. The number of benzene rings is 2. The molecule has 3 rings (SSSR count). The molecule has 0 fully saturated rings. The van der Waals surface area contributed by atoms with Gasteiger partial charge in [-0.3, -0.25) is 4.79 Å². The van der Waals surface area contributed by atoms with Crippen molar-refractivity contribution in [3.63, 3.8) is 0 Å². The third-order valence-corrected chi connectivity index (χ3v) is 3.63. The molecule has 3 aromatic rings. The monoisotopic (exact) mass is 383 g/mol. The number of carbonyl (C=O) groups excluding carboxylic acids is 1. The van der Waals surface area contributed by atoms with Gasteiger partial charge in [-0.15, -0.1) is 0 Å². The Morgan fingerprint density at radius 2 is 1.68 bits per heavy atom. The fourth-order valence-electron chi connectivity index (χ4n) is 2.25. The summed E-state index contributed by atoms with van der Waals surface area (Å²) in [5, 5.41) is 14.3. The summed E-state index contributed by atoms with van der Waals surface area (Å²) >= 11 is 0. The standard InChI is InChI=1S/C19H12F3N5O/c20-19(21,22)14-4-6-15(7-5-14)27-18-24-10-13(11-25-18)17(28)26-16-3-1-2-12(8-16)9-23/h1-8,10-11H,(H,26,28)(H,24,25,27). The minimum atomic E-state index is -4.41. The molecule has 0 radical (unpaired) electrons. The number of alkyl halides is 3. The van der Waals surface area contributed by atoms with Gasteiger partial charge in [0.15, 0.2) is 0 Å². The summed E-state index contributed by atoms with van der Waals surface area (Å²) in [6.45, 7) is 0. The number of halogens is 3. The zero-order valence-electron chi connectivity index (χ0n) is 14.2. The van der Waals surface area contributed by atoms with Crippen molar-refractivity contribution in [1.29, 1.82) is 5.26 Å². The summed E-state index contributed by atoms with van der Waals surface area (Å²) in [6.07, 6.45) is -1.84. The van der Waals surface area contributed by atoms with E-state index in [0.29, 0.717) is 16.9 Å². The van der Waals surface area contributed by atoms with Gasteiger partial charge in [-0.2, -0.15) is 18.4 Å².